The Morgan fingerprint density at radius 3 is 3.00 bits per heavy atom. The molecule has 0 aliphatic carbocycles. The molecular weight excluding hydrogens is 257 g/mol. The van der Waals surface area contributed by atoms with Crippen LogP contribution in [0.5, 0.6) is 0 Å². The molecule has 5 N–H and O–H groups in total. The minimum Gasteiger partial charge on any atom is -0.394 e. The fraction of sp³-hybridized carbons (Fsp3) is 0.545. The molecule has 0 aromatic heterocycles. The van der Waals surface area contributed by atoms with Crippen LogP contribution in [0.4, 0.5) is 9.18 Å². The zero-order chi connectivity index (χ0) is 14.2. The van der Waals surface area contributed by atoms with Gasteiger partial charge in [0, 0.05) is 12.6 Å². The Bertz CT molecular complexity index is 463. The lowest BCUT2D eigenvalue weighted by molar-refractivity contribution is -0.0554. The van der Waals surface area contributed by atoms with Crippen molar-refractivity contribution in [2.45, 2.75) is 30.5 Å². The first-order valence-electron chi connectivity index (χ1n) is 5.60. The van der Waals surface area contributed by atoms with Gasteiger partial charge < -0.3 is 20.3 Å². The van der Waals surface area contributed by atoms with E-state index in [4.69, 9.17) is 22.0 Å². The highest BCUT2D eigenvalue weighted by Crippen LogP contribution is 2.27. The largest absolute Gasteiger partial charge is 0.394 e. The summed E-state index contributed by atoms with van der Waals surface area (Å²) in [4.78, 5) is 12.7. The fourth-order valence-corrected chi connectivity index (χ4v) is 1.94. The predicted octanol–water partition coefficient (Wildman–Crippen LogP) is -1.42. The van der Waals surface area contributed by atoms with Crippen molar-refractivity contribution in [1.29, 1.82) is 0 Å². The van der Waals surface area contributed by atoms with E-state index < -0.39 is 42.6 Å². The summed E-state index contributed by atoms with van der Waals surface area (Å²) in [7, 11) is 0. The summed E-state index contributed by atoms with van der Waals surface area (Å²) in [5.41, 5.74) is 3.49. The number of amides is 2. The zero-order valence-corrected chi connectivity index (χ0v) is 9.91. The van der Waals surface area contributed by atoms with Gasteiger partial charge in [-0.2, -0.15) is 0 Å². The Morgan fingerprint density at radius 2 is 2.47 bits per heavy atom. The first-order chi connectivity index (χ1) is 8.91. The zero-order valence-electron chi connectivity index (χ0n) is 9.91. The predicted molar refractivity (Wildman–Crippen MR) is 61.7 cm³/mol. The monoisotopic (exact) mass is 271 g/mol. The van der Waals surface area contributed by atoms with E-state index in [0.29, 0.717) is 0 Å². The number of hydrogen-bond acceptors (Lipinski definition) is 5. The van der Waals surface area contributed by atoms with E-state index in [1.54, 1.807) is 0 Å². The van der Waals surface area contributed by atoms with Crippen LogP contribution in [-0.2, 0) is 4.74 Å². The van der Waals surface area contributed by atoms with Crippen molar-refractivity contribution >= 4 is 6.03 Å². The number of ether oxygens (including phenoxy) is 1. The number of aliphatic hydroxyl groups excluding tert-OH is 2. The third-order valence-electron chi connectivity index (χ3n) is 3.09. The number of rotatable bonds is 2. The Labute approximate surface area is 108 Å². The molecule has 0 spiro atoms. The molecule has 2 heterocycles. The maximum Gasteiger partial charge on any atom is 0.326 e. The number of carbonyl (C=O) groups is 1. The molecule has 1 unspecified atom stereocenters. The SMILES string of the molecule is C#CC1(N)NC(=O)N([C@H]2C[C@H](O)[C@@H](CO)O2)C=C1F. The second-order valence-electron chi connectivity index (χ2n) is 4.38. The van der Waals surface area contributed by atoms with Crippen molar-refractivity contribution in [3.63, 3.8) is 0 Å². The van der Waals surface area contributed by atoms with Crippen molar-refractivity contribution in [2.24, 2.45) is 5.73 Å². The van der Waals surface area contributed by atoms with Gasteiger partial charge in [-0.3, -0.25) is 10.6 Å². The number of nitrogens with one attached hydrogen (secondary N) is 1. The van der Waals surface area contributed by atoms with Crippen LogP contribution in [0.2, 0.25) is 0 Å². The summed E-state index contributed by atoms with van der Waals surface area (Å²) >= 11 is 0. The van der Waals surface area contributed by atoms with Crippen molar-refractivity contribution < 1.29 is 24.1 Å². The quantitative estimate of drug-likeness (QED) is 0.461. The summed E-state index contributed by atoms with van der Waals surface area (Å²) in [6.45, 7) is -0.398. The summed E-state index contributed by atoms with van der Waals surface area (Å²) < 4.78 is 19.0. The number of aliphatic hydroxyl groups is 2. The highest BCUT2D eigenvalue weighted by Gasteiger charge is 2.43. The van der Waals surface area contributed by atoms with E-state index in [1.807, 2.05) is 5.92 Å². The van der Waals surface area contributed by atoms with Crippen LogP contribution < -0.4 is 11.1 Å². The van der Waals surface area contributed by atoms with E-state index >= 15 is 0 Å². The number of carbonyl (C=O) groups excluding carboxylic acids is 1. The van der Waals surface area contributed by atoms with Crippen LogP contribution in [0, 0.1) is 12.3 Å². The van der Waals surface area contributed by atoms with Crippen molar-refractivity contribution in [3.05, 3.63) is 12.0 Å². The topological polar surface area (TPSA) is 108 Å². The number of terminal acetylenes is 1. The van der Waals surface area contributed by atoms with E-state index in [9.17, 15) is 14.3 Å². The molecule has 0 radical (unpaired) electrons. The molecule has 19 heavy (non-hydrogen) atoms. The number of nitrogens with two attached hydrogens (primary N) is 1. The molecule has 2 aliphatic heterocycles. The Balaban J connectivity index is 2.20. The molecule has 0 bridgehead atoms. The summed E-state index contributed by atoms with van der Waals surface area (Å²) in [6.07, 6.45) is 3.32. The van der Waals surface area contributed by atoms with Crippen molar-refractivity contribution in [1.82, 2.24) is 10.2 Å². The lowest BCUT2D eigenvalue weighted by atomic mass is 10.1. The molecule has 0 aromatic carbocycles. The summed E-state index contributed by atoms with van der Waals surface area (Å²) in [5.74, 6) is 1.03. The second-order valence-corrected chi connectivity index (χ2v) is 4.38. The molecule has 2 amide bonds. The molecule has 2 rings (SSSR count). The minimum absolute atomic E-state index is 0.0516. The molecule has 8 heteroatoms. The van der Waals surface area contributed by atoms with Gasteiger partial charge in [-0.15, -0.1) is 6.42 Å². The molecule has 0 aromatic rings. The minimum atomic E-state index is -1.97. The van der Waals surface area contributed by atoms with E-state index in [1.165, 1.54) is 0 Å². The van der Waals surface area contributed by atoms with Gasteiger partial charge in [0.1, 0.15) is 12.3 Å². The van der Waals surface area contributed by atoms with Crippen LogP contribution in [0.25, 0.3) is 0 Å². The highest BCUT2D eigenvalue weighted by molar-refractivity contribution is 5.79. The molecule has 1 fully saturated rings. The normalized spacial score (nSPS) is 38.7. The van der Waals surface area contributed by atoms with Crippen molar-refractivity contribution in [2.75, 3.05) is 6.61 Å². The van der Waals surface area contributed by atoms with E-state index in [0.717, 1.165) is 11.1 Å². The van der Waals surface area contributed by atoms with Gasteiger partial charge >= 0.3 is 6.03 Å². The smallest absolute Gasteiger partial charge is 0.326 e. The lowest BCUT2D eigenvalue weighted by Gasteiger charge is -2.35. The molecule has 4 atom stereocenters. The highest BCUT2D eigenvalue weighted by atomic mass is 19.1. The Kier molecular flexibility index (Phi) is 3.47. The maximum absolute atomic E-state index is 13.8. The third kappa shape index (κ3) is 2.29. The average molecular weight is 271 g/mol. The number of hydrogen-bond donors (Lipinski definition) is 4. The van der Waals surface area contributed by atoms with Crippen LogP contribution in [-0.4, -0.2) is 51.8 Å². The molecule has 104 valence electrons. The van der Waals surface area contributed by atoms with Crippen molar-refractivity contribution in [3.8, 4) is 12.3 Å². The first kappa shape index (κ1) is 13.8. The standard InChI is InChI=1S/C11H14FN3O4/c1-2-11(13)8(12)4-15(10(18)14-11)9-3-6(17)7(5-16)19-9/h1,4,6-7,9,16-17H,3,5,13H2,(H,14,18)/t6-,7+,9+,11?/m0/s1. The number of halogens is 1. The number of nitrogens with zero attached hydrogens (tertiary/aromatic N) is 1. The van der Waals surface area contributed by atoms with Gasteiger partial charge in [0.25, 0.3) is 0 Å². The first-order valence-corrected chi connectivity index (χ1v) is 5.60. The van der Waals surface area contributed by atoms with Gasteiger partial charge in [0.05, 0.1) is 12.7 Å². The summed E-state index contributed by atoms with van der Waals surface area (Å²) in [6, 6.07) is -0.738. The van der Waals surface area contributed by atoms with Gasteiger partial charge in [-0.05, 0) is 0 Å². The molecule has 0 saturated carbocycles. The van der Waals surface area contributed by atoms with E-state index in [-0.39, 0.29) is 6.42 Å². The summed E-state index contributed by atoms with van der Waals surface area (Å²) in [5, 5.41) is 20.7. The van der Waals surface area contributed by atoms with Gasteiger partial charge in [0.2, 0.25) is 5.66 Å². The van der Waals surface area contributed by atoms with Crippen LogP contribution in [0.3, 0.4) is 0 Å². The van der Waals surface area contributed by atoms with Crippen LogP contribution in [0.15, 0.2) is 12.0 Å². The van der Waals surface area contributed by atoms with Gasteiger partial charge in [0.15, 0.2) is 5.83 Å². The maximum atomic E-state index is 13.8. The molecule has 2 aliphatic rings. The van der Waals surface area contributed by atoms with E-state index in [2.05, 4.69) is 5.32 Å². The van der Waals surface area contributed by atoms with Crippen LogP contribution in [0.1, 0.15) is 6.42 Å². The Hall–Kier alpha value is -1.66. The van der Waals surface area contributed by atoms with Gasteiger partial charge in [-0.1, -0.05) is 5.92 Å². The fourth-order valence-electron chi connectivity index (χ4n) is 1.94. The Morgan fingerprint density at radius 1 is 1.79 bits per heavy atom. The number of urea groups is 1. The van der Waals surface area contributed by atoms with Gasteiger partial charge in [-0.25, -0.2) is 9.18 Å². The average Bonchev–Trinajstić information content (AvgIpc) is 2.75. The molecule has 1 saturated heterocycles. The molecule has 7 nitrogen and oxygen atoms in total. The third-order valence-corrected chi connectivity index (χ3v) is 3.09. The second kappa shape index (κ2) is 4.79. The van der Waals surface area contributed by atoms with Crippen LogP contribution >= 0.6 is 0 Å². The molecular formula is C11H14FN3O4. The lowest BCUT2D eigenvalue weighted by Crippen LogP contribution is -2.62.